The van der Waals surface area contributed by atoms with E-state index in [1.807, 2.05) is 0 Å². The first kappa shape index (κ1) is 19.3. The Morgan fingerprint density at radius 1 is 1.26 bits per heavy atom. The number of nitrogens with zero attached hydrogens (tertiary/aromatic N) is 3. The maximum Gasteiger partial charge on any atom is 0.247 e. The van der Waals surface area contributed by atoms with Gasteiger partial charge in [-0.05, 0) is 30.3 Å². The molecule has 0 bridgehead atoms. The van der Waals surface area contributed by atoms with Crippen molar-refractivity contribution in [2.24, 2.45) is 0 Å². The van der Waals surface area contributed by atoms with Gasteiger partial charge in [0.1, 0.15) is 16.5 Å². The zero-order chi connectivity index (χ0) is 19.6. The third kappa shape index (κ3) is 4.10. The largest absolute Gasteiger partial charge is 0.495 e. The van der Waals surface area contributed by atoms with E-state index in [1.54, 1.807) is 24.3 Å². The summed E-state index contributed by atoms with van der Waals surface area (Å²) in [7, 11) is -1.42. The summed E-state index contributed by atoms with van der Waals surface area (Å²) in [6.45, 7) is -0.199. The minimum atomic E-state index is -4.05. The van der Waals surface area contributed by atoms with Crippen LogP contribution in [-0.4, -0.2) is 37.0 Å². The normalized spacial score (nSPS) is 11.7. The van der Waals surface area contributed by atoms with Gasteiger partial charge >= 0.3 is 0 Å². The average Bonchev–Trinajstić information content (AvgIpc) is 3.10. The summed E-state index contributed by atoms with van der Waals surface area (Å²) in [5.74, 6) is -0.301. The van der Waals surface area contributed by atoms with Gasteiger partial charge in [-0.15, -0.1) is 0 Å². The molecule has 0 fully saturated rings. The molecule has 0 amide bonds. The first-order valence-corrected chi connectivity index (χ1v) is 9.51. The van der Waals surface area contributed by atoms with Crippen LogP contribution in [0.1, 0.15) is 5.89 Å². The van der Waals surface area contributed by atoms with E-state index in [9.17, 15) is 12.8 Å². The molecule has 0 radical (unpaired) electrons. The predicted octanol–water partition coefficient (Wildman–Crippen LogP) is 3.36. The predicted molar refractivity (Wildman–Crippen MR) is 96.3 cm³/mol. The number of halogens is 2. The van der Waals surface area contributed by atoms with E-state index >= 15 is 0 Å². The van der Waals surface area contributed by atoms with E-state index in [2.05, 4.69) is 10.1 Å². The van der Waals surface area contributed by atoms with Crippen LogP contribution < -0.4 is 4.74 Å². The summed E-state index contributed by atoms with van der Waals surface area (Å²) in [4.78, 5) is 3.89. The van der Waals surface area contributed by atoms with Crippen LogP contribution in [0.25, 0.3) is 11.4 Å². The molecular weight excluding hydrogens is 397 g/mol. The highest BCUT2D eigenvalue weighted by Crippen LogP contribution is 2.28. The lowest BCUT2D eigenvalue weighted by atomic mass is 10.2. The van der Waals surface area contributed by atoms with Gasteiger partial charge in [0.15, 0.2) is 0 Å². The SMILES string of the molecule is COc1ccc(F)cc1S(=O)(=O)N(C)Cc1nc(-c2cccc(Cl)c2)no1. The minimum absolute atomic E-state index is 0.0356. The van der Waals surface area contributed by atoms with Gasteiger partial charge in [0.25, 0.3) is 0 Å². The summed E-state index contributed by atoms with van der Waals surface area (Å²) < 4.78 is 50.2. The van der Waals surface area contributed by atoms with Gasteiger partial charge in [-0.3, -0.25) is 0 Å². The highest BCUT2D eigenvalue weighted by atomic mass is 35.5. The Hall–Kier alpha value is -2.49. The molecule has 1 heterocycles. The van der Waals surface area contributed by atoms with Crippen molar-refractivity contribution in [1.29, 1.82) is 0 Å². The lowest BCUT2D eigenvalue weighted by Crippen LogP contribution is -2.27. The molecule has 0 atom stereocenters. The highest BCUT2D eigenvalue weighted by Gasteiger charge is 2.27. The molecule has 1 aromatic heterocycles. The molecule has 0 N–H and O–H groups in total. The van der Waals surface area contributed by atoms with Gasteiger partial charge in [-0.25, -0.2) is 12.8 Å². The standard InChI is InChI=1S/C17H15ClFN3O4S/c1-22(27(23,24)15-9-13(19)6-7-14(15)25-2)10-16-20-17(21-26-16)11-4-3-5-12(18)8-11/h3-9H,10H2,1-2H3. The molecule has 10 heteroatoms. The summed E-state index contributed by atoms with van der Waals surface area (Å²) in [6.07, 6.45) is 0. The molecule has 0 unspecified atom stereocenters. The molecule has 0 aliphatic rings. The van der Waals surface area contributed by atoms with Gasteiger partial charge in [0, 0.05) is 17.6 Å². The Kier molecular flexibility index (Phi) is 5.45. The Balaban J connectivity index is 1.85. The van der Waals surface area contributed by atoms with Gasteiger partial charge in [0.2, 0.25) is 21.7 Å². The molecule has 0 saturated carbocycles. The lowest BCUT2D eigenvalue weighted by Gasteiger charge is -2.17. The molecule has 0 aliphatic heterocycles. The lowest BCUT2D eigenvalue weighted by molar-refractivity contribution is 0.335. The van der Waals surface area contributed by atoms with Crippen LogP contribution in [0, 0.1) is 5.82 Å². The highest BCUT2D eigenvalue weighted by molar-refractivity contribution is 7.89. The van der Waals surface area contributed by atoms with Crippen LogP contribution in [0.15, 0.2) is 51.9 Å². The number of hydrogen-bond donors (Lipinski definition) is 0. The number of rotatable bonds is 6. The number of methoxy groups -OCH3 is 1. The van der Waals surface area contributed by atoms with Crippen LogP contribution >= 0.6 is 11.6 Å². The van der Waals surface area contributed by atoms with Crippen LogP contribution in [-0.2, 0) is 16.6 Å². The van der Waals surface area contributed by atoms with Crippen molar-refractivity contribution in [3.05, 3.63) is 59.2 Å². The fourth-order valence-electron chi connectivity index (χ4n) is 2.36. The van der Waals surface area contributed by atoms with Crippen LogP contribution in [0.2, 0.25) is 5.02 Å². The third-order valence-electron chi connectivity index (χ3n) is 3.72. The Morgan fingerprint density at radius 3 is 2.74 bits per heavy atom. The van der Waals surface area contributed by atoms with Gasteiger partial charge in [-0.2, -0.15) is 9.29 Å². The topological polar surface area (TPSA) is 85.5 Å². The van der Waals surface area contributed by atoms with Gasteiger partial charge in [0.05, 0.1) is 13.7 Å². The van der Waals surface area contributed by atoms with Gasteiger partial charge < -0.3 is 9.26 Å². The third-order valence-corrected chi connectivity index (χ3v) is 5.78. The molecule has 0 saturated heterocycles. The second-order valence-electron chi connectivity index (χ2n) is 5.58. The zero-order valence-electron chi connectivity index (χ0n) is 14.4. The van der Waals surface area contributed by atoms with E-state index in [1.165, 1.54) is 20.2 Å². The van der Waals surface area contributed by atoms with E-state index in [4.69, 9.17) is 20.9 Å². The molecule has 7 nitrogen and oxygen atoms in total. The second kappa shape index (κ2) is 7.63. The number of hydrogen-bond acceptors (Lipinski definition) is 6. The quantitative estimate of drug-likeness (QED) is 0.618. The summed E-state index contributed by atoms with van der Waals surface area (Å²) in [6, 6.07) is 10.1. The van der Waals surface area contributed by atoms with Gasteiger partial charge in [-0.1, -0.05) is 28.9 Å². The fourth-order valence-corrected chi connectivity index (χ4v) is 3.83. The smallest absolute Gasteiger partial charge is 0.247 e. The van der Waals surface area contributed by atoms with Crippen molar-refractivity contribution in [2.75, 3.05) is 14.2 Å². The summed E-state index contributed by atoms with van der Waals surface area (Å²) >= 11 is 5.94. The van der Waals surface area contributed by atoms with E-state index < -0.39 is 15.8 Å². The number of aromatic nitrogens is 2. The molecule has 3 aromatic rings. The fraction of sp³-hybridized carbons (Fsp3) is 0.176. The summed E-state index contributed by atoms with van der Waals surface area (Å²) in [5, 5.41) is 4.34. The Bertz CT molecular complexity index is 1070. The van der Waals surface area contributed by atoms with Crippen LogP contribution in [0.3, 0.4) is 0 Å². The average molecular weight is 412 g/mol. The number of sulfonamides is 1. The van der Waals surface area contributed by atoms with E-state index in [-0.39, 0.29) is 28.9 Å². The molecule has 27 heavy (non-hydrogen) atoms. The first-order chi connectivity index (χ1) is 12.8. The first-order valence-electron chi connectivity index (χ1n) is 7.69. The molecule has 2 aromatic carbocycles. The maximum absolute atomic E-state index is 13.5. The zero-order valence-corrected chi connectivity index (χ0v) is 16.0. The number of benzene rings is 2. The van der Waals surface area contributed by atoms with Crippen molar-refractivity contribution in [3.63, 3.8) is 0 Å². The van der Waals surface area contributed by atoms with Crippen molar-refractivity contribution in [2.45, 2.75) is 11.4 Å². The molecule has 142 valence electrons. The minimum Gasteiger partial charge on any atom is -0.495 e. The molecule has 0 aliphatic carbocycles. The Labute approximate surface area is 160 Å². The van der Waals surface area contributed by atoms with E-state index in [0.29, 0.717) is 10.6 Å². The van der Waals surface area contributed by atoms with E-state index in [0.717, 1.165) is 16.4 Å². The molecule has 0 spiro atoms. The monoisotopic (exact) mass is 411 g/mol. The van der Waals surface area contributed by atoms with Crippen molar-refractivity contribution < 1.29 is 22.1 Å². The van der Waals surface area contributed by atoms with Crippen molar-refractivity contribution in [3.8, 4) is 17.1 Å². The number of ether oxygens (including phenoxy) is 1. The summed E-state index contributed by atoms with van der Waals surface area (Å²) in [5.41, 5.74) is 0.634. The molecular formula is C17H15ClFN3O4S. The van der Waals surface area contributed by atoms with Crippen molar-refractivity contribution >= 4 is 21.6 Å². The van der Waals surface area contributed by atoms with Crippen LogP contribution in [0.4, 0.5) is 4.39 Å². The second-order valence-corrected chi connectivity index (χ2v) is 8.03. The van der Waals surface area contributed by atoms with Crippen molar-refractivity contribution in [1.82, 2.24) is 14.4 Å². The maximum atomic E-state index is 13.5. The Morgan fingerprint density at radius 2 is 2.04 bits per heavy atom. The molecule has 3 rings (SSSR count). The van der Waals surface area contributed by atoms with Crippen LogP contribution in [0.5, 0.6) is 5.75 Å².